The van der Waals surface area contributed by atoms with Gasteiger partial charge in [-0.2, -0.15) is 0 Å². The molecule has 6 heteroatoms. The summed E-state index contributed by atoms with van der Waals surface area (Å²) in [6.07, 6.45) is -2.05. The molecule has 4 atom stereocenters. The van der Waals surface area contributed by atoms with E-state index < -0.39 is 23.8 Å². The van der Waals surface area contributed by atoms with Crippen LogP contribution in [0, 0.1) is 11.3 Å². The van der Waals surface area contributed by atoms with E-state index in [0.717, 1.165) is 0 Å². The van der Waals surface area contributed by atoms with Crippen molar-refractivity contribution < 1.29 is 20.1 Å². The lowest BCUT2D eigenvalue weighted by Gasteiger charge is -2.22. The van der Waals surface area contributed by atoms with Crippen molar-refractivity contribution in [2.24, 2.45) is 0 Å². The fourth-order valence-corrected chi connectivity index (χ4v) is 1.51. The van der Waals surface area contributed by atoms with Crippen LogP contribution in [0.2, 0.25) is 0 Å². The lowest BCUT2D eigenvalue weighted by molar-refractivity contribution is -0.0238. The van der Waals surface area contributed by atoms with E-state index in [1.54, 1.807) is 7.85 Å². The normalized spacial score (nSPS) is 44.2. The van der Waals surface area contributed by atoms with E-state index in [1.807, 2.05) is 5.38 Å². The largest absolute Gasteiger partial charge is 0.394 e. The van der Waals surface area contributed by atoms with E-state index in [0.29, 0.717) is 0 Å². The predicted molar refractivity (Wildman–Crippen MR) is 48.9 cm³/mol. The maximum absolute atomic E-state index is 9.79. The second-order valence-corrected chi connectivity index (χ2v) is 3.18. The third kappa shape index (κ3) is 1.69. The van der Waals surface area contributed by atoms with E-state index in [4.69, 9.17) is 21.4 Å². The number of ether oxygens (including phenoxy) is 1. The standard InChI is InChI=1S/C7H10BClO4/c8-6-7(12,1-2-9)5(11)4(3-10)13-6/h4-6,10-12H,3,8H2/t4-,5-,6-,7-/m1/s1. The molecule has 1 heterocycles. The lowest BCUT2D eigenvalue weighted by atomic mass is 9.81. The Labute approximate surface area is 81.9 Å². The van der Waals surface area contributed by atoms with Crippen LogP contribution in [0.25, 0.3) is 0 Å². The average Bonchev–Trinajstić information content (AvgIpc) is 2.31. The van der Waals surface area contributed by atoms with Crippen molar-refractivity contribution in [1.82, 2.24) is 0 Å². The average molecular weight is 204 g/mol. The summed E-state index contributed by atoms with van der Waals surface area (Å²) in [4.78, 5) is 0. The van der Waals surface area contributed by atoms with Gasteiger partial charge in [-0.15, -0.1) is 0 Å². The molecule has 0 aromatic rings. The Balaban J connectivity index is 2.90. The minimum Gasteiger partial charge on any atom is -0.394 e. The van der Waals surface area contributed by atoms with Gasteiger partial charge in [-0.25, -0.2) is 0 Å². The van der Waals surface area contributed by atoms with Crippen LogP contribution in [0.4, 0.5) is 0 Å². The quantitative estimate of drug-likeness (QED) is 0.330. The van der Waals surface area contributed by atoms with Crippen LogP contribution in [-0.4, -0.2) is 53.6 Å². The number of hydrogen-bond donors (Lipinski definition) is 3. The SMILES string of the molecule is B[C@@H]1O[C@H](CO)[C@@H](O)[C@]1(O)C#CCl. The second-order valence-electron chi connectivity index (χ2n) is 2.99. The highest BCUT2D eigenvalue weighted by atomic mass is 35.5. The third-order valence-corrected chi connectivity index (χ3v) is 2.32. The maximum atomic E-state index is 9.79. The Bertz CT molecular complexity index is 251. The third-order valence-electron chi connectivity index (χ3n) is 2.23. The van der Waals surface area contributed by atoms with E-state index in [-0.39, 0.29) is 6.61 Å². The molecule has 0 spiro atoms. The zero-order valence-corrected chi connectivity index (χ0v) is 7.82. The lowest BCUT2D eigenvalue weighted by Crippen LogP contribution is -2.47. The van der Waals surface area contributed by atoms with E-state index in [2.05, 4.69) is 5.92 Å². The molecule has 0 amide bonds. The van der Waals surface area contributed by atoms with Gasteiger partial charge in [0, 0.05) is 5.38 Å². The molecule has 72 valence electrons. The molecule has 0 bridgehead atoms. The molecule has 1 aliphatic rings. The summed E-state index contributed by atoms with van der Waals surface area (Å²) < 4.78 is 5.08. The molecule has 3 N–H and O–H groups in total. The van der Waals surface area contributed by atoms with Crippen LogP contribution in [0.5, 0.6) is 0 Å². The van der Waals surface area contributed by atoms with Crippen LogP contribution >= 0.6 is 11.6 Å². The van der Waals surface area contributed by atoms with Crippen LogP contribution in [-0.2, 0) is 4.74 Å². The highest BCUT2D eigenvalue weighted by Gasteiger charge is 2.51. The molecule has 0 aromatic heterocycles. The van der Waals surface area contributed by atoms with Gasteiger partial charge in [0.05, 0.1) is 12.6 Å². The van der Waals surface area contributed by atoms with Crippen molar-refractivity contribution in [2.45, 2.75) is 23.8 Å². The number of hydrogen-bond acceptors (Lipinski definition) is 4. The van der Waals surface area contributed by atoms with E-state index in [9.17, 15) is 10.2 Å². The van der Waals surface area contributed by atoms with E-state index >= 15 is 0 Å². The summed E-state index contributed by atoms with van der Waals surface area (Å²) in [6, 6.07) is -0.675. The highest BCUT2D eigenvalue weighted by molar-refractivity contribution is 6.30. The Morgan fingerprint density at radius 1 is 1.62 bits per heavy atom. The highest BCUT2D eigenvalue weighted by Crippen LogP contribution is 2.28. The van der Waals surface area contributed by atoms with Gasteiger partial charge in [0.15, 0.2) is 5.60 Å². The first kappa shape index (κ1) is 10.8. The van der Waals surface area contributed by atoms with Gasteiger partial charge < -0.3 is 20.1 Å². The number of rotatable bonds is 1. The first-order valence-electron chi connectivity index (χ1n) is 3.85. The van der Waals surface area contributed by atoms with Gasteiger partial charge in [-0.05, 0) is 17.5 Å². The Hall–Kier alpha value is -0.245. The molecule has 0 aromatic carbocycles. The zero-order chi connectivity index (χ0) is 10.1. The molecule has 0 radical (unpaired) electrons. The fourth-order valence-electron chi connectivity index (χ4n) is 1.36. The number of halogens is 1. The Morgan fingerprint density at radius 3 is 2.62 bits per heavy atom. The van der Waals surface area contributed by atoms with Crippen molar-refractivity contribution in [1.29, 1.82) is 0 Å². The molecule has 0 aliphatic carbocycles. The smallest absolute Gasteiger partial charge is 0.173 e. The van der Waals surface area contributed by atoms with Crippen molar-refractivity contribution >= 4 is 19.4 Å². The van der Waals surface area contributed by atoms with E-state index in [1.165, 1.54) is 0 Å². The van der Waals surface area contributed by atoms with Crippen LogP contribution in [0.3, 0.4) is 0 Å². The monoisotopic (exact) mass is 204 g/mol. The number of aliphatic hydroxyl groups excluding tert-OH is 2. The maximum Gasteiger partial charge on any atom is 0.173 e. The minimum absolute atomic E-state index is 0.363. The topological polar surface area (TPSA) is 69.9 Å². The first-order chi connectivity index (χ1) is 6.06. The van der Waals surface area contributed by atoms with Crippen LogP contribution < -0.4 is 0 Å². The molecule has 4 nitrogen and oxygen atoms in total. The summed E-state index contributed by atoms with van der Waals surface area (Å²) >= 11 is 5.14. The van der Waals surface area contributed by atoms with Gasteiger partial charge in [-0.3, -0.25) is 0 Å². The van der Waals surface area contributed by atoms with Crippen molar-refractivity contribution in [3.63, 3.8) is 0 Å². The molecule has 0 unspecified atom stereocenters. The molecule has 1 aliphatic heterocycles. The van der Waals surface area contributed by atoms with Crippen LogP contribution in [0.15, 0.2) is 0 Å². The fraction of sp³-hybridized carbons (Fsp3) is 0.714. The second kappa shape index (κ2) is 3.87. The molecular formula is C7H10BClO4. The Morgan fingerprint density at radius 2 is 2.23 bits per heavy atom. The molecule has 1 saturated heterocycles. The number of aliphatic hydroxyl groups is 3. The Kier molecular flexibility index (Phi) is 3.22. The summed E-state index contributed by atoms with van der Waals surface area (Å²) in [7, 11) is 1.56. The van der Waals surface area contributed by atoms with Crippen molar-refractivity contribution in [2.75, 3.05) is 6.61 Å². The van der Waals surface area contributed by atoms with Gasteiger partial charge in [0.1, 0.15) is 20.1 Å². The molecule has 1 fully saturated rings. The van der Waals surface area contributed by atoms with Gasteiger partial charge >= 0.3 is 0 Å². The first-order valence-corrected chi connectivity index (χ1v) is 4.23. The molecule has 1 rings (SSSR count). The van der Waals surface area contributed by atoms with Gasteiger partial charge in [0.2, 0.25) is 0 Å². The van der Waals surface area contributed by atoms with Crippen molar-refractivity contribution in [3.05, 3.63) is 0 Å². The predicted octanol–water partition coefficient (Wildman–Crippen LogP) is -2.37. The van der Waals surface area contributed by atoms with Crippen molar-refractivity contribution in [3.8, 4) is 11.3 Å². The summed E-state index contributed by atoms with van der Waals surface area (Å²) in [5.41, 5.74) is -1.69. The molecule has 0 saturated carbocycles. The summed E-state index contributed by atoms with van der Waals surface area (Å²) in [5.74, 6) is 2.27. The van der Waals surface area contributed by atoms with Gasteiger partial charge in [-0.1, -0.05) is 0 Å². The summed E-state index contributed by atoms with van der Waals surface area (Å²) in [6.45, 7) is -0.363. The summed E-state index contributed by atoms with van der Waals surface area (Å²) in [5, 5.41) is 30.1. The molecular weight excluding hydrogens is 194 g/mol. The van der Waals surface area contributed by atoms with Crippen LogP contribution in [0.1, 0.15) is 0 Å². The molecule has 13 heavy (non-hydrogen) atoms. The van der Waals surface area contributed by atoms with Gasteiger partial charge in [0.25, 0.3) is 0 Å². The minimum atomic E-state index is -1.69. The zero-order valence-electron chi connectivity index (χ0n) is 7.07.